The van der Waals surface area contributed by atoms with Crippen LogP contribution in [-0.2, 0) is 19.3 Å². The number of carbonyl (C=O) groups is 2. The molecule has 0 N–H and O–H groups in total. The molecule has 0 heterocycles. The third-order valence-corrected chi connectivity index (χ3v) is 0.719. The van der Waals surface area contributed by atoms with Crippen LogP contribution in [0.25, 0.3) is 0 Å². The van der Waals surface area contributed by atoms with Gasteiger partial charge in [-0.05, 0) is 6.92 Å². The van der Waals surface area contributed by atoms with Gasteiger partial charge in [-0.1, -0.05) is 0 Å². The van der Waals surface area contributed by atoms with Crippen molar-refractivity contribution in [3.63, 3.8) is 0 Å². The van der Waals surface area contributed by atoms with Gasteiger partial charge in [-0.3, -0.25) is 9.59 Å². The number of hydroxylamine groups is 2. The first-order valence-corrected chi connectivity index (χ1v) is 3.20. The van der Waals surface area contributed by atoms with Crippen molar-refractivity contribution < 1.29 is 19.3 Å². The van der Waals surface area contributed by atoms with E-state index >= 15 is 0 Å². The fraction of sp³-hybridized carbons (Fsp3) is 0.667. The van der Waals surface area contributed by atoms with Crippen LogP contribution in [0.5, 0.6) is 0 Å². The normalized spacial score (nSPS) is 9.45. The molecule has 0 aromatic heterocycles. The summed E-state index contributed by atoms with van der Waals surface area (Å²) in [4.78, 5) is 29.6. The summed E-state index contributed by atoms with van der Waals surface area (Å²) >= 11 is 0. The molecule has 0 unspecified atom stereocenters. The molecule has 0 aromatic rings. The molecule has 0 rings (SSSR count). The first kappa shape index (κ1) is 9.90. The number of hydrogen-bond donors (Lipinski definition) is 0. The van der Waals surface area contributed by atoms with E-state index in [4.69, 9.17) is 0 Å². The summed E-state index contributed by atoms with van der Waals surface area (Å²) in [5.74, 6) is -1.04. The first-order chi connectivity index (χ1) is 5.06. The molecule has 0 aromatic carbocycles. The van der Waals surface area contributed by atoms with Gasteiger partial charge in [0, 0.05) is 19.1 Å². The Balaban J connectivity index is 3.76. The molecule has 0 fully saturated rings. The molecule has 64 valence electrons. The van der Waals surface area contributed by atoms with Crippen LogP contribution in [0.4, 0.5) is 0 Å². The number of nitrogens with zero attached hydrogens (tertiary/aromatic N) is 1. The summed E-state index contributed by atoms with van der Waals surface area (Å²) in [5, 5.41) is 0.824. The topological polar surface area (TPSA) is 55.8 Å². The van der Waals surface area contributed by atoms with Crippen LogP contribution in [0.15, 0.2) is 0 Å². The largest absolute Gasteiger partial charge is 0.333 e. The quantitative estimate of drug-likeness (QED) is 0.556. The second kappa shape index (κ2) is 4.68. The van der Waals surface area contributed by atoms with Crippen molar-refractivity contribution in [3.8, 4) is 0 Å². The van der Waals surface area contributed by atoms with Gasteiger partial charge in [0.2, 0.25) is 0 Å². The molecule has 5 nitrogen and oxygen atoms in total. The maximum atomic E-state index is 10.3. The Morgan fingerprint density at radius 2 is 1.55 bits per heavy atom. The molecule has 0 aliphatic carbocycles. The van der Waals surface area contributed by atoms with Gasteiger partial charge >= 0.3 is 11.9 Å². The average molecular weight is 161 g/mol. The van der Waals surface area contributed by atoms with E-state index in [0.29, 0.717) is 6.54 Å². The van der Waals surface area contributed by atoms with Crippen molar-refractivity contribution in [1.29, 1.82) is 0 Å². The summed E-state index contributed by atoms with van der Waals surface area (Å²) in [7, 11) is 0. The molecule has 0 aliphatic rings. The fourth-order valence-corrected chi connectivity index (χ4v) is 0.435. The maximum Gasteiger partial charge on any atom is 0.326 e. The van der Waals surface area contributed by atoms with Crippen LogP contribution in [0.2, 0.25) is 0 Å². The Labute approximate surface area is 64.8 Å². The van der Waals surface area contributed by atoms with Crippen molar-refractivity contribution in [3.05, 3.63) is 0 Å². The molecule has 5 heteroatoms. The minimum atomic E-state index is -0.520. The van der Waals surface area contributed by atoms with Gasteiger partial charge in [0.25, 0.3) is 0 Å². The lowest BCUT2D eigenvalue weighted by Gasteiger charge is -2.15. The molecule has 0 atom stereocenters. The highest BCUT2D eigenvalue weighted by molar-refractivity contribution is 5.67. The van der Waals surface area contributed by atoms with Crippen molar-refractivity contribution >= 4 is 11.9 Å². The van der Waals surface area contributed by atoms with Gasteiger partial charge in [-0.25, -0.2) is 0 Å². The zero-order valence-electron chi connectivity index (χ0n) is 6.79. The average Bonchev–Trinajstić information content (AvgIpc) is 1.84. The zero-order chi connectivity index (χ0) is 8.85. The second-order valence-electron chi connectivity index (χ2n) is 1.81. The number of rotatable bonds is 3. The van der Waals surface area contributed by atoms with E-state index in [1.165, 1.54) is 13.8 Å². The molecular weight excluding hydrogens is 150 g/mol. The Morgan fingerprint density at radius 1 is 1.18 bits per heavy atom. The maximum absolute atomic E-state index is 10.3. The van der Waals surface area contributed by atoms with Crippen molar-refractivity contribution in [2.45, 2.75) is 20.8 Å². The molecule has 0 bridgehead atoms. The highest BCUT2D eigenvalue weighted by atomic mass is 17.0. The number of hydrogen-bond acceptors (Lipinski definition) is 5. The van der Waals surface area contributed by atoms with E-state index < -0.39 is 11.9 Å². The van der Waals surface area contributed by atoms with Gasteiger partial charge in [0.05, 0.1) is 6.54 Å². The molecule has 11 heavy (non-hydrogen) atoms. The third-order valence-electron chi connectivity index (χ3n) is 0.719. The van der Waals surface area contributed by atoms with E-state index in [-0.39, 0.29) is 0 Å². The SMILES string of the molecule is CCN(OC(C)=O)OC(C)=O. The van der Waals surface area contributed by atoms with Crippen LogP contribution in [0.1, 0.15) is 20.8 Å². The lowest BCUT2D eigenvalue weighted by atomic mass is 10.8. The van der Waals surface area contributed by atoms with Crippen molar-refractivity contribution in [2.75, 3.05) is 6.54 Å². The van der Waals surface area contributed by atoms with E-state index in [1.807, 2.05) is 0 Å². The van der Waals surface area contributed by atoms with E-state index in [2.05, 4.69) is 9.68 Å². The van der Waals surface area contributed by atoms with Crippen LogP contribution >= 0.6 is 0 Å². The summed E-state index contributed by atoms with van der Waals surface area (Å²) in [5.41, 5.74) is 0. The van der Waals surface area contributed by atoms with E-state index in [1.54, 1.807) is 6.92 Å². The Kier molecular flexibility index (Phi) is 4.21. The van der Waals surface area contributed by atoms with Crippen LogP contribution in [0.3, 0.4) is 0 Å². The van der Waals surface area contributed by atoms with E-state index in [9.17, 15) is 9.59 Å². The van der Waals surface area contributed by atoms with Crippen molar-refractivity contribution in [1.82, 2.24) is 5.23 Å². The monoisotopic (exact) mass is 161 g/mol. The van der Waals surface area contributed by atoms with Crippen LogP contribution in [0, 0.1) is 0 Å². The van der Waals surface area contributed by atoms with Gasteiger partial charge in [0.1, 0.15) is 0 Å². The second-order valence-corrected chi connectivity index (χ2v) is 1.81. The molecule has 0 saturated heterocycles. The first-order valence-electron chi connectivity index (χ1n) is 3.20. The standard InChI is InChI=1S/C6H11NO4/c1-4-7(10-5(2)8)11-6(3)9/h4H2,1-3H3. The van der Waals surface area contributed by atoms with Crippen LogP contribution in [-0.4, -0.2) is 23.7 Å². The third kappa shape index (κ3) is 5.35. The predicted octanol–water partition coefficient (Wildman–Crippen LogP) is 0.264. The molecule has 0 spiro atoms. The molecule has 0 aliphatic heterocycles. The predicted molar refractivity (Wildman–Crippen MR) is 35.9 cm³/mol. The zero-order valence-corrected chi connectivity index (χ0v) is 6.79. The highest BCUT2D eigenvalue weighted by Crippen LogP contribution is 1.92. The fourth-order valence-electron chi connectivity index (χ4n) is 0.435. The Bertz CT molecular complexity index is 141. The highest BCUT2D eigenvalue weighted by Gasteiger charge is 2.08. The van der Waals surface area contributed by atoms with E-state index in [0.717, 1.165) is 5.23 Å². The summed E-state index contributed by atoms with van der Waals surface area (Å²) in [6.07, 6.45) is 0. The summed E-state index contributed by atoms with van der Waals surface area (Å²) < 4.78 is 0. The minimum Gasteiger partial charge on any atom is -0.333 e. The number of carbonyl (C=O) groups excluding carboxylic acids is 2. The van der Waals surface area contributed by atoms with Gasteiger partial charge in [-0.2, -0.15) is 0 Å². The summed E-state index contributed by atoms with van der Waals surface area (Å²) in [6, 6.07) is 0. The smallest absolute Gasteiger partial charge is 0.326 e. The molecular formula is C6H11NO4. The van der Waals surface area contributed by atoms with Gasteiger partial charge in [-0.15, -0.1) is 0 Å². The lowest BCUT2D eigenvalue weighted by Crippen LogP contribution is -2.28. The Hall–Kier alpha value is -1.10. The Morgan fingerprint density at radius 3 is 1.73 bits per heavy atom. The summed E-state index contributed by atoms with van der Waals surface area (Å²) in [6.45, 7) is 4.45. The minimum absolute atomic E-state index is 0.305. The molecule has 0 amide bonds. The molecule has 0 radical (unpaired) electrons. The van der Waals surface area contributed by atoms with Gasteiger partial charge < -0.3 is 9.68 Å². The van der Waals surface area contributed by atoms with Crippen LogP contribution < -0.4 is 0 Å². The van der Waals surface area contributed by atoms with Gasteiger partial charge in [0.15, 0.2) is 0 Å². The lowest BCUT2D eigenvalue weighted by molar-refractivity contribution is -0.321. The van der Waals surface area contributed by atoms with Crippen molar-refractivity contribution in [2.24, 2.45) is 0 Å². The molecule has 0 saturated carbocycles.